The number of carbonyl (C=O) groups is 1. The Morgan fingerprint density at radius 3 is 2.88 bits per heavy atom. The molecular weight excluding hydrogens is 256 g/mol. The van der Waals surface area contributed by atoms with E-state index in [4.69, 9.17) is 4.74 Å². The van der Waals surface area contributed by atoms with E-state index in [-0.39, 0.29) is 12.0 Å². The van der Waals surface area contributed by atoms with Crippen LogP contribution in [-0.4, -0.2) is 35.4 Å². The van der Waals surface area contributed by atoms with Gasteiger partial charge in [0.15, 0.2) is 0 Å². The van der Waals surface area contributed by atoms with Crippen LogP contribution in [-0.2, 0) is 9.53 Å². The van der Waals surface area contributed by atoms with Crippen LogP contribution in [0.25, 0.3) is 0 Å². The van der Waals surface area contributed by atoms with E-state index in [1.165, 1.54) is 7.11 Å². The highest BCUT2D eigenvalue weighted by Crippen LogP contribution is 2.25. The monoisotopic (exact) mass is 274 g/mol. The fourth-order valence-electron chi connectivity index (χ4n) is 1.51. The summed E-state index contributed by atoms with van der Waals surface area (Å²) in [5.74, 6) is 0.362. The second-order valence-electron chi connectivity index (χ2n) is 4.21. The molecule has 96 valence electrons. The Morgan fingerprint density at radius 2 is 2.41 bits per heavy atom. The molecule has 1 rings (SSSR count). The van der Waals surface area contributed by atoms with E-state index < -0.39 is 5.54 Å². The highest BCUT2D eigenvalue weighted by atomic mass is 32.2. The van der Waals surface area contributed by atoms with Crippen molar-refractivity contribution < 1.29 is 9.53 Å². The molecule has 0 aromatic carbocycles. The molecular formula is C11H18N2O2S2. The second kappa shape index (κ2) is 6.37. The summed E-state index contributed by atoms with van der Waals surface area (Å²) in [5.41, 5.74) is -0.681. The molecule has 1 heterocycles. The van der Waals surface area contributed by atoms with Crippen LogP contribution in [0.5, 0.6) is 0 Å². The summed E-state index contributed by atoms with van der Waals surface area (Å²) in [6.45, 7) is 5.88. The third-order valence-corrected chi connectivity index (χ3v) is 4.42. The zero-order chi connectivity index (χ0) is 12.9. The largest absolute Gasteiger partial charge is 0.468 e. The lowest BCUT2D eigenvalue weighted by Crippen LogP contribution is -2.54. The van der Waals surface area contributed by atoms with Gasteiger partial charge in [-0.2, -0.15) is 0 Å². The van der Waals surface area contributed by atoms with E-state index in [1.807, 2.05) is 26.2 Å². The number of thiazole rings is 1. The predicted octanol–water partition coefficient (Wildman–Crippen LogP) is 2.16. The lowest BCUT2D eigenvalue weighted by molar-refractivity contribution is -0.147. The third kappa shape index (κ3) is 4.29. The van der Waals surface area contributed by atoms with Crippen molar-refractivity contribution in [3.63, 3.8) is 0 Å². The molecule has 0 saturated heterocycles. The van der Waals surface area contributed by atoms with E-state index in [0.717, 1.165) is 4.34 Å². The van der Waals surface area contributed by atoms with Crippen molar-refractivity contribution in [1.29, 1.82) is 0 Å². The predicted molar refractivity (Wildman–Crippen MR) is 71.5 cm³/mol. The van der Waals surface area contributed by atoms with Crippen molar-refractivity contribution in [2.24, 2.45) is 0 Å². The molecule has 0 radical (unpaired) electrons. The summed E-state index contributed by atoms with van der Waals surface area (Å²) in [7, 11) is 1.41. The number of hydrogen-bond donors (Lipinski definition) is 1. The number of rotatable bonds is 6. The number of aromatic nitrogens is 1. The number of thioether (sulfide) groups is 1. The first-order chi connectivity index (χ1) is 7.98. The summed E-state index contributed by atoms with van der Waals surface area (Å²) in [5, 5.41) is 5.18. The van der Waals surface area contributed by atoms with Crippen molar-refractivity contribution in [2.75, 3.05) is 12.9 Å². The van der Waals surface area contributed by atoms with E-state index in [2.05, 4.69) is 10.3 Å². The molecule has 17 heavy (non-hydrogen) atoms. The normalized spacial score (nSPS) is 14.6. The molecule has 1 aromatic rings. The first kappa shape index (κ1) is 14.5. The van der Waals surface area contributed by atoms with Crippen LogP contribution in [0.2, 0.25) is 0 Å². The number of esters is 1. The van der Waals surface area contributed by atoms with Gasteiger partial charge in [-0.25, -0.2) is 4.98 Å². The maximum Gasteiger partial charge on any atom is 0.326 e. The number of hydrogen-bond acceptors (Lipinski definition) is 6. The van der Waals surface area contributed by atoms with Gasteiger partial charge in [-0.15, -0.1) is 11.3 Å². The van der Waals surface area contributed by atoms with Gasteiger partial charge in [-0.05, 0) is 20.8 Å². The minimum atomic E-state index is -0.681. The minimum Gasteiger partial charge on any atom is -0.468 e. The Bertz CT molecular complexity index is 354. The molecule has 6 heteroatoms. The highest BCUT2D eigenvalue weighted by molar-refractivity contribution is 8.01. The molecule has 0 amide bonds. The van der Waals surface area contributed by atoms with Crippen molar-refractivity contribution in [1.82, 2.24) is 10.3 Å². The Morgan fingerprint density at radius 1 is 1.71 bits per heavy atom. The average molecular weight is 274 g/mol. The summed E-state index contributed by atoms with van der Waals surface area (Å²) in [6.07, 6.45) is 1.76. The number of nitrogens with zero attached hydrogens (tertiary/aromatic N) is 1. The van der Waals surface area contributed by atoms with Gasteiger partial charge in [0.1, 0.15) is 9.88 Å². The van der Waals surface area contributed by atoms with Crippen LogP contribution in [0.15, 0.2) is 15.9 Å². The Kier molecular flexibility index (Phi) is 5.42. The van der Waals surface area contributed by atoms with Crippen molar-refractivity contribution >= 4 is 29.1 Å². The summed E-state index contributed by atoms with van der Waals surface area (Å²) >= 11 is 3.14. The molecule has 1 N–H and O–H groups in total. The van der Waals surface area contributed by atoms with Crippen LogP contribution in [0.4, 0.5) is 0 Å². The fraction of sp³-hybridized carbons (Fsp3) is 0.636. The maximum absolute atomic E-state index is 11.8. The first-order valence-electron chi connectivity index (χ1n) is 5.36. The maximum atomic E-state index is 11.8. The van der Waals surface area contributed by atoms with Crippen LogP contribution in [0.3, 0.4) is 0 Å². The third-order valence-electron chi connectivity index (χ3n) is 2.14. The standard InChI is InChI=1S/C11H18N2O2S2/c1-8(2)13-11(3,9(14)15-4)7-17-10-12-5-6-16-10/h5-6,8,13H,7H2,1-4H3. The number of nitrogens with one attached hydrogen (secondary N) is 1. The Hall–Kier alpha value is -0.590. The topological polar surface area (TPSA) is 51.2 Å². The van der Waals surface area contributed by atoms with Crippen LogP contribution >= 0.6 is 23.1 Å². The number of ether oxygens (including phenoxy) is 1. The lowest BCUT2D eigenvalue weighted by atomic mass is 10.0. The van der Waals surface area contributed by atoms with E-state index in [9.17, 15) is 4.79 Å². The van der Waals surface area contributed by atoms with Gasteiger partial charge < -0.3 is 4.74 Å². The number of methoxy groups -OCH3 is 1. The minimum absolute atomic E-state index is 0.219. The molecule has 0 aliphatic rings. The molecule has 4 nitrogen and oxygen atoms in total. The zero-order valence-electron chi connectivity index (χ0n) is 10.5. The van der Waals surface area contributed by atoms with Gasteiger partial charge in [0.2, 0.25) is 0 Å². The van der Waals surface area contributed by atoms with Crippen molar-refractivity contribution in [3.8, 4) is 0 Å². The van der Waals surface area contributed by atoms with Gasteiger partial charge in [-0.1, -0.05) is 11.8 Å². The van der Waals surface area contributed by atoms with Crippen LogP contribution in [0.1, 0.15) is 20.8 Å². The molecule has 0 fully saturated rings. The molecule has 0 spiro atoms. The molecule has 1 aromatic heterocycles. The van der Waals surface area contributed by atoms with Crippen molar-refractivity contribution in [2.45, 2.75) is 36.7 Å². The quantitative estimate of drug-likeness (QED) is 0.636. The van der Waals surface area contributed by atoms with E-state index in [1.54, 1.807) is 29.3 Å². The lowest BCUT2D eigenvalue weighted by Gasteiger charge is -2.29. The highest BCUT2D eigenvalue weighted by Gasteiger charge is 2.35. The fourth-order valence-corrected chi connectivity index (χ4v) is 3.23. The molecule has 0 aliphatic carbocycles. The molecule has 0 saturated carbocycles. The van der Waals surface area contributed by atoms with E-state index >= 15 is 0 Å². The average Bonchev–Trinajstić information content (AvgIpc) is 2.77. The smallest absolute Gasteiger partial charge is 0.326 e. The Labute approximate surface area is 110 Å². The van der Waals surface area contributed by atoms with Gasteiger partial charge >= 0.3 is 5.97 Å². The Balaban J connectivity index is 2.66. The van der Waals surface area contributed by atoms with Crippen molar-refractivity contribution in [3.05, 3.63) is 11.6 Å². The summed E-state index contributed by atoms with van der Waals surface area (Å²) < 4.78 is 5.82. The molecule has 1 unspecified atom stereocenters. The zero-order valence-corrected chi connectivity index (χ0v) is 12.2. The van der Waals surface area contributed by atoms with Gasteiger partial charge in [-0.3, -0.25) is 10.1 Å². The first-order valence-corrected chi connectivity index (χ1v) is 7.23. The molecule has 0 aliphatic heterocycles. The molecule has 1 atom stereocenters. The SMILES string of the molecule is COC(=O)C(C)(CSc1nccs1)NC(C)C. The van der Waals surface area contributed by atoms with Gasteiger partial charge in [0, 0.05) is 23.4 Å². The van der Waals surface area contributed by atoms with E-state index in [0.29, 0.717) is 5.75 Å². The van der Waals surface area contributed by atoms with Crippen LogP contribution < -0.4 is 5.32 Å². The second-order valence-corrected chi connectivity index (χ2v) is 6.33. The van der Waals surface area contributed by atoms with Gasteiger partial charge in [0.25, 0.3) is 0 Å². The summed E-state index contributed by atoms with van der Waals surface area (Å²) in [6, 6.07) is 0.219. The number of carbonyl (C=O) groups excluding carboxylic acids is 1. The molecule has 0 bridgehead atoms. The van der Waals surface area contributed by atoms with Gasteiger partial charge in [0.05, 0.1) is 7.11 Å². The van der Waals surface area contributed by atoms with Crippen LogP contribution in [0, 0.1) is 0 Å². The summed E-state index contributed by atoms with van der Waals surface area (Å²) in [4.78, 5) is 16.0.